The van der Waals surface area contributed by atoms with Crippen LogP contribution in [0.1, 0.15) is 55.6 Å². The fourth-order valence-electron chi connectivity index (χ4n) is 2.67. The van der Waals surface area contributed by atoms with Gasteiger partial charge in [0.2, 0.25) is 0 Å². The van der Waals surface area contributed by atoms with E-state index in [1.54, 1.807) is 11.3 Å². The van der Waals surface area contributed by atoms with Crippen molar-refractivity contribution in [3.63, 3.8) is 0 Å². The summed E-state index contributed by atoms with van der Waals surface area (Å²) in [4.78, 5) is 11.7. The van der Waals surface area contributed by atoms with Crippen molar-refractivity contribution in [2.75, 3.05) is 0 Å². The topological polar surface area (TPSA) is 25.8 Å². The second-order valence-corrected chi connectivity index (χ2v) is 6.47. The van der Waals surface area contributed by atoms with Gasteiger partial charge in [0, 0.05) is 16.2 Å². The number of hydrogen-bond acceptors (Lipinski definition) is 3. The third kappa shape index (κ3) is 2.26. The van der Waals surface area contributed by atoms with Gasteiger partial charge in [-0.15, -0.1) is 11.3 Å². The van der Waals surface area contributed by atoms with Crippen LogP contribution in [0.4, 0.5) is 0 Å². The van der Waals surface area contributed by atoms with Crippen LogP contribution in [0.2, 0.25) is 5.15 Å². The number of nitrogens with zero attached hydrogens (tertiary/aromatic N) is 2. The number of halogens is 1. The summed E-state index contributed by atoms with van der Waals surface area (Å²) in [6.07, 6.45) is 7.42. The quantitative estimate of drug-likeness (QED) is 0.727. The summed E-state index contributed by atoms with van der Waals surface area (Å²) in [6, 6.07) is 2.13. The van der Waals surface area contributed by atoms with Crippen LogP contribution >= 0.6 is 22.9 Å². The summed E-state index contributed by atoms with van der Waals surface area (Å²) in [5.41, 5.74) is 0. The molecule has 0 atom stereocenters. The molecule has 0 saturated heterocycles. The smallest absolute Gasteiger partial charge is 0.141 e. The van der Waals surface area contributed by atoms with Gasteiger partial charge in [0.1, 0.15) is 15.8 Å². The fraction of sp³-hybridized carbons (Fsp3) is 0.571. The number of thiophene rings is 1. The minimum atomic E-state index is 0.521. The van der Waals surface area contributed by atoms with Gasteiger partial charge in [-0.3, -0.25) is 0 Å². The van der Waals surface area contributed by atoms with Crippen molar-refractivity contribution in [3.05, 3.63) is 21.9 Å². The van der Waals surface area contributed by atoms with Crippen LogP contribution in [0.15, 0.2) is 6.07 Å². The minimum absolute atomic E-state index is 0.521. The molecule has 1 fully saturated rings. The monoisotopic (exact) mass is 280 g/mol. The highest BCUT2D eigenvalue weighted by Gasteiger charge is 2.20. The number of aromatic nitrogens is 2. The highest BCUT2D eigenvalue weighted by Crippen LogP contribution is 2.35. The van der Waals surface area contributed by atoms with E-state index in [2.05, 4.69) is 18.0 Å². The zero-order valence-corrected chi connectivity index (χ0v) is 12.2. The zero-order chi connectivity index (χ0) is 12.5. The molecule has 0 amide bonds. The Kier molecular flexibility index (Phi) is 3.53. The molecule has 0 bridgehead atoms. The summed E-state index contributed by atoms with van der Waals surface area (Å²) in [5, 5.41) is 1.66. The predicted octanol–water partition coefficient (Wildman–Crippen LogP) is 4.95. The van der Waals surface area contributed by atoms with E-state index < -0.39 is 0 Å². The summed E-state index contributed by atoms with van der Waals surface area (Å²) in [6.45, 7) is 2.16. The molecular weight excluding hydrogens is 264 g/mol. The molecule has 2 aromatic rings. The van der Waals surface area contributed by atoms with E-state index in [1.165, 1.54) is 37.0 Å². The lowest BCUT2D eigenvalue weighted by Gasteiger charge is -2.20. The van der Waals surface area contributed by atoms with Crippen LogP contribution in [0, 0.1) is 0 Å². The molecule has 2 nitrogen and oxygen atoms in total. The lowest BCUT2D eigenvalue weighted by Crippen LogP contribution is -2.08. The van der Waals surface area contributed by atoms with Crippen molar-refractivity contribution < 1.29 is 0 Å². The van der Waals surface area contributed by atoms with Crippen molar-refractivity contribution in [3.8, 4) is 0 Å². The molecule has 18 heavy (non-hydrogen) atoms. The molecule has 0 aliphatic heterocycles. The van der Waals surface area contributed by atoms with E-state index in [0.717, 1.165) is 22.5 Å². The molecule has 4 heteroatoms. The fourth-order valence-corrected chi connectivity index (χ4v) is 3.93. The van der Waals surface area contributed by atoms with Gasteiger partial charge in [0.25, 0.3) is 0 Å². The van der Waals surface area contributed by atoms with Gasteiger partial charge in [-0.05, 0) is 25.3 Å². The number of hydrogen-bond donors (Lipinski definition) is 0. The average Bonchev–Trinajstić information content (AvgIpc) is 2.83. The van der Waals surface area contributed by atoms with Crippen LogP contribution in [0.25, 0.3) is 10.2 Å². The first-order valence-electron chi connectivity index (χ1n) is 6.73. The van der Waals surface area contributed by atoms with Crippen molar-refractivity contribution in [2.24, 2.45) is 0 Å². The van der Waals surface area contributed by atoms with Crippen LogP contribution in [-0.2, 0) is 6.42 Å². The average molecular weight is 281 g/mol. The van der Waals surface area contributed by atoms with Crippen molar-refractivity contribution >= 4 is 33.2 Å². The van der Waals surface area contributed by atoms with Gasteiger partial charge in [-0.1, -0.05) is 37.8 Å². The molecule has 96 valence electrons. The summed E-state index contributed by atoms with van der Waals surface area (Å²) in [5.74, 6) is 1.49. The van der Waals surface area contributed by atoms with Crippen LogP contribution in [-0.4, -0.2) is 9.97 Å². The zero-order valence-electron chi connectivity index (χ0n) is 10.6. The first-order chi connectivity index (χ1) is 8.78. The maximum atomic E-state index is 6.31. The molecule has 0 aromatic carbocycles. The Morgan fingerprint density at radius 3 is 2.78 bits per heavy atom. The van der Waals surface area contributed by atoms with E-state index in [4.69, 9.17) is 16.6 Å². The largest absolute Gasteiger partial charge is 0.222 e. The summed E-state index contributed by atoms with van der Waals surface area (Å²) < 4.78 is 0. The lowest BCUT2D eigenvalue weighted by atomic mass is 9.89. The first kappa shape index (κ1) is 12.4. The number of aryl methyl sites for hydroxylation is 1. The molecule has 0 spiro atoms. The molecule has 2 aromatic heterocycles. The summed E-state index contributed by atoms with van der Waals surface area (Å²) in [7, 11) is 0. The molecule has 2 heterocycles. The van der Waals surface area contributed by atoms with Crippen LogP contribution in [0.5, 0.6) is 0 Å². The van der Waals surface area contributed by atoms with E-state index in [0.29, 0.717) is 11.1 Å². The minimum Gasteiger partial charge on any atom is -0.222 e. The van der Waals surface area contributed by atoms with Crippen molar-refractivity contribution in [1.82, 2.24) is 9.97 Å². The van der Waals surface area contributed by atoms with Crippen molar-refractivity contribution in [2.45, 2.75) is 51.4 Å². The van der Waals surface area contributed by atoms with Gasteiger partial charge in [-0.25, -0.2) is 9.97 Å². The van der Waals surface area contributed by atoms with Gasteiger partial charge in [-0.2, -0.15) is 0 Å². The Hall–Kier alpha value is -0.670. The van der Waals surface area contributed by atoms with Crippen LogP contribution < -0.4 is 0 Å². The van der Waals surface area contributed by atoms with Gasteiger partial charge in [0.15, 0.2) is 0 Å². The standard InChI is InChI=1S/C14H17ClN2S/c1-2-10-8-11-12(15)16-13(17-14(11)18-10)9-6-4-3-5-7-9/h8-9H,2-7H2,1H3. The van der Waals surface area contributed by atoms with Gasteiger partial charge in [0.05, 0.1) is 0 Å². The molecule has 0 N–H and O–H groups in total. The maximum absolute atomic E-state index is 6.31. The molecule has 0 radical (unpaired) electrons. The normalized spacial score (nSPS) is 17.4. The van der Waals surface area contributed by atoms with Crippen molar-refractivity contribution in [1.29, 1.82) is 0 Å². The van der Waals surface area contributed by atoms with Gasteiger partial charge < -0.3 is 0 Å². The Labute approximate surface area is 116 Å². The van der Waals surface area contributed by atoms with E-state index in [1.807, 2.05) is 0 Å². The number of fused-ring (bicyclic) bond motifs is 1. The first-order valence-corrected chi connectivity index (χ1v) is 7.93. The van der Waals surface area contributed by atoms with E-state index >= 15 is 0 Å². The Morgan fingerprint density at radius 2 is 2.06 bits per heavy atom. The molecule has 1 saturated carbocycles. The van der Waals surface area contributed by atoms with E-state index in [9.17, 15) is 0 Å². The Balaban J connectivity index is 2.02. The molecule has 3 rings (SSSR count). The second-order valence-electron chi connectivity index (χ2n) is 4.99. The Bertz CT molecular complexity index is 558. The number of rotatable bonds is 2. The van der Waals surface area contributed by atoms with Gasteiger partial charge >= 0.3 is 0 Å². The second kappa shape index (κ2) is 5.14. The molecule has 1 aliphatic rings. The highest BCUT2D eigenvalue weighted by atomic mass is 35.5. The van der Waals surface area contributed by atoms with E-state index in [-0.39, 0.29) is 0 Å². The third-order valence-electron chi connectivity index (χ3n) is 3.73. The molecule has 0 unspecified atom stereocenters. The maximum Gasteiger partial charge on any atom is 0.141 e. The van der Waals surface area contributed by atoms with Crippen LogP contribution in [0.3, 0.4) is 0 Å². The SMILES string of the molecule is CCc1cc2c(Cl)nc(C3CCCCC3)nc2s1. The summed E-state index contributed by atoms with van der Waals surface area (Å²) >= 11 is 8.06. The predicted molar refractivity (Wildman–Crippen MR) is 77.6 cm³/mol. The molecule has 1 aliphatic carbocycles. The Morgan fingerprint density at radius 1 is 1.28 bits per heavy atom. The highest BCUT2D eigenvalue weighted by molar-refractivity contribution is 7.18. The molecular formula is C14H17ClN2S. The lowest BCUT2D eigenvalue weighted by molar-refractivity contribution is 0.429. The third-order valence-corrected chi connectivity index (χ3v) is 5.19.